The van der Waals surface area contributed by atoms with E-state index in [1.165, 1.54) is 0 Å². The summed E-state index contributed by atoms with van der Waals surface area (Å²) in [6.07, 6.45) is 0.284. The Hall–Kier alpha value is -3.75. The van der Waals surface area contributed by atoms with E-state index in [0.717, 1.165) is 28.6 Å². The molecule has 184 valence electrons. The molecular weight excluding hydrogens is 476 g/mol. The quantitative estimate of drug-likeness (QED) is 0.359. The zero-order chi connectivity index (χ0) is 25.5. The van der Waals surface area contributed by atoms with Crippen LogP contribution >= 0.6 is 11.7 Å². The van der Waals surface area contributed by atoms with Gasteiger partial charge >= 0.3 is 5.97 Å². The van der Waals surface area contributed by atoms with Crippen LogP contribution in [0.2, 0.25) is 0 Å². The van der Waals surface area contributed by atoms with Gasteiger partial charge in [-0.15, -0.1) is 0 Å². The van der Waals surface area contributed by atoms with Gasteiger partial charge in [-0.25, -0.2) is 4.79 Å². The molecular formula is C28H26N2O5S. The molecule has 4 aromatic rings. The Balaban J connectivity index is 1.61. The molecule has 0 spiro atoms. The highest BCUT2D eigenvalue weighted by molar-refractivity contribution is 7.00. The Labute approximate surface area is 213 Å². The number of carbonyl (C=O) groups excluding carboxylic acids is 1. The zero-order valence-corrected chi connectivity index (χ0v) is 21.3. The number of carbonyl (C=O) groups is 1. The fourth-order valence-electron chi connectivity index (χ4n) is 4.26. The van der Waals surface area contributed by atoms with Gasteiger partial charge in [-0.1, -0.05) is 18.2 Å². The van der Waals surface area contributed by atoms with Crippen LogP contribution in [0.4, 0.5) is 0 Å². The molecule has 1 atom stereocenters. The van der Waals surface area contributed by atoms with Crippen LogP contribution in [0.3, 0.4) is 0 Å². The van der Waals surface area contributed by atoms with E-state index < -0.39 is 11.8 Å². The molecule has 0 fully saturated rings. The van der Waals surface area contributed by atoms with E-state index in [-0.39, 0.29) is 12.0 Å². The summed E-state index contributed by atoms with van der Waals surface area (Å²) < 4.78 is 25.4. The van der Waals surface area contributed by atoms with Gasteiger partial charge in [0.2, 0.25) is 0 Å². The van der Waals surface area contributed by atoms with E-state index in [1.54, 1.807) is 43.5 Å². The molecule has 0 saturated carbocycles. The predicted octanol–water partition coefficient (Wildman–Crippen LogP) is 5.28. The molecule has 3 aromatic carbocycles. The highest BCUT2D eigenvalue weighted by atomic mass is 32.1. The van der Waals surface area contributed by atoms with Gasteiger partial charge < -0.3 is 19.3 Å². The molecule has 0 amide bonds. The SMILES string of the molecule is COc1ccc(C2(O)OC(=O)C(c3ccc4nsnc4c3)=C2Cc2ccc(OC(C)(C)C)cc2)cc1. The molecule has 36 heavy (non-hydrogen) atoms. The predicted molar refractivity (Wildman–Crippen MR) is 138 cm³/mol. The largest absolute Gasteiger partial charge is 0.497 e. The Morgan fingerprint density at radius 2 is 1.61 bits per heavy atom. The zero-order valence-electron chi connectivity index (χ0n) is 20.4. The first kappa shape index (κ1) is 24.0. The summed E-state index contributed by atoms with van der Waals surface area (Å²) >= 11 is 1.11. The summed E-state index contributed by atoms with van der Waals surface area (Å²) in [6, 6.07) is 19.9. The Bertz CT molecular complexity index is 1450. The number of nitrogens with zero attached hydrogens (tertiary/aromatic N) is 2. The van der Waals surface area contributed by atoms with E-state index in [2.05, 4.69) is 8.75 Å². The average Bonchev–Trinajstić information content (AvgIpc) is 3.41. The number of rotatable bonds is 6. The first-order valence-electron chi connectivity index (χ1n) is 11.5. The van der Waals surface area contributed by atoms with Crippen molar-refractivity contribution in [3.05, 3.63) is 89.0 Å². The summed E-state index contributed by atoms with van der Waals surface area (Å²) in [6.45, 7) is 5.97. The highest BCUT2D eigenvalue weighted by Gasteiger charge is 2.48. The molecule has 8 heteroatoms. The van der Waals surface area contributed by atoms with Crippen LogP contribution in [0.1, 0.15) is 37.5 Å². The van der Waals surface area contributed by atoms with Crippen molar-refractivity contribution >= 4 is 34.3 Å². The van der Waals surface area contributed by atoms with Crippen LogP contribution in [0.25, 0.3) is 16.6 Å². The van der Waals surface area contributed by atoms with Crippen molar-refractivity contribution in [3.63, 3.8) is 0 Å². The lowest BCUT2D eigenvalue weighted by Gasteiger charge is -2.26. The number of methoxy groups -OCH3 is 1. The van der Waals surface area contributed by atoms with E-state index in [9.17, 15) is 9.90 Å². The van der Waals surface area contributed by atoms with Crippen LogP contribution < -0.4 is 9.47 Å². The summed E-state index contributed by atoms with van der Waals surface area (Å²) in [5, 5.41) is 11.8. The maximum atomic E-state index is 13.3. The monoisotopic (exact) mass is 502 g/mol. The molecule has 1 aliphatic rings. The lowest BCUT2D eigenvalue weighted by atomic mass is 9.88. The van der Waals surface area contributed by atoms with Crippen LogP contribution in [-0.2, 0) is 21.7 Å². The van der Waals surface area contributed by atoms with Gasteiger partial charge in [-0.3, -0.25) is 0 Å². The third-order valence-electron chi connectivity index (χ3n) is 5.91. The summed E-state index contributed by atoms with van der Waals surface area (Å²) in [7, 11) is 1.57. The number of ether oxygens (including phenoxy) is 3. The van der Waals surface area contributed by atoms with E-state index >= 15 is 0 Å². The molecule has 2 heterocycles. The number of hydrogen-bond donors (Lipinski definition) is 1. The highest BCUT2D eigenvalue weighted by Crippen LogP contribution is 2.45. The van der Waals surface area contributed by atoms with E-state index in [1.807, 2.05) is 51.1 Å². The second-order valence-electron chi connectivity index (χ2n) is 9.62. The lowest BCUT2D eigenvalue weighted by molar-refractivity contribution is -0.185. The number of esters is 1. The standard InChI is InChI=1S/C28H26N2O5S/c1-27(2,3)34-21-10-5-17(6-11-21)15-22-25(18-7-14-23-24(16-18)30-36-29-23)26(31)35-28(22,32)19-8-12-20(33-4)13-9-19/h5-14,16,32H,15H2,1-4H3. The van der Waals surface area contributed by atoms with Crippen LogP contribution in [0.5, 0.6) is 11.5 Å². The number of hydrogen-bond acceptors (Lipinski definition) is 8. The molecule has 1 N–H and O–H groups in total. The van der Waals surface area contributed by atoms with Crippen molar-refractivity contribution in [1.29, 1.82) is 0 Å². The van der Waals surface area contributed by atoms with Gasteiger partial charge in [0, 0.05) is 17.6 Å². The van der Waals surface area contributed by atoms with Crippen molar-refractivity contribution in [2.75, 3.05) is 7.11 Å². The maximum absolute atomic E-state index is 13.3. The van der Waals surface area contributed by atoms with Gasteiger partial charge in [-0.05, 0) is 80.4 Å². The minimum absolute atomic E-state index is 0.284. The number of benzene rings is 3. The fourth-order valence-corrected chi connectivity index (χ4v) is 4.78. The normalized spacial score (nSPS) is 18.0. The molecule has 0 bridgehead atoms. The van der Waals surface area contributed by atoms with Crippen LogP contribution in [-0.4, -0.2) is 32.5 Å². The Morgan fingerprint density at radius 3 is 2.28 bits per heavy atom. The first-order valence-corrected chi connectivity index (χ1v) is 12.2. The summed E-state index contributed by atoms with van der Waals surface area (Å²) in [5.41, 5.74) is 3.82. The minimum Gasteiger partial charge on any atom is -0.497 e. The third-order valence-corrected chi connectivity index (χ3v) is 6.46. The smallest absolute Gasteiger partial charge is 0.342 e. The summed E-state index contributed by atoms with van der Waals surface area (Å²) in [4.78, 5) is 13.3. The topological polar surface area (TPSA) is 90.8 Å². The van der Waals surface area contributed by atoms with Crippen molar-refractivity contribution < 1.29 is 24.1 Å². The number of aromatic nitrogens is 2. The van der Waals surface area contributed by atoms with Crippen molar-refractivity contribution in [1.82, 2.24) is 8.75 Å². The molecule has 7 nitrogen and oxygen atoms in total. The van der Waals surface area contributed by atoms with Crippen LogP contribution in [0.15, 0.2) is 72.3 Å². The van der Waals surface area contributed by atoms with Gasteiger partial charge in [0.05, 0.1) is 24.4 Å². The summed E-state index contributed by atoms with van der Waals surface area (Å²) in [5.74, 6) is -1.16. The number of cyclic esters (lactones) is 1. The van der Waals surface area contributed by atoms with Crippen molar-refractivity contribution in [2.45, 2.75) is 38.6 Å². The lowest BCUT2D eigenvalue weighted by Crippen LogP contribution is -2.29. The van der Waals surface area contributed by atoms with Gasteiger partial charge in [0.1, 0.15) is 28.1 Å². The molecule has 1 aliphatic heterocycles. The fraction of sp³-hybridized carbons (Fsp3) is 0.250. The molecule has 5 rings (SSSR count). The molecule has 0 aliphatic carbocycles. The maximum Gasteiger partial charge on any atom is 0.342 e. The molecule has 1 aromatic heterocycles. The van der Waals surface area contributed by atoms with E-state index in [4.69, 9.17) is 14.2 Å². The second kappa shape index (κ2) is 9.04. The Kier molecular flexibility index (Phi) is 6.02. The van der Waals surface area contributed by atoms with Gasteiger partial charge in [0.15, 0.2) is 0 Å². The molecule has 1 unspecified atom stereocenters. The number of aliphatic hydroxyl groups is 1. The second-order valence-corrected chi connectivity index (χ2v) is 10.1. The Morgan fingerprint density at radius 1 is 0.944 bits per heavy atom. The third kappa shape index (κ3) is 4.57. The minimum atomic E-state index is -1.94. The van der Waals surface area contributed by atoms with Gasteiger partial charge in [0.25, 0.3) is 5.79 Å². The average molecular weight is 503 g/mol. The molecule has 0 saturated heterocycles. The van der Waals surface area contributed by atoms with E-state index in [0.29, 0.717) is 33.5 Å². The number of fused-ring (bicyclic) bond motifs is 1. The first-order chi connectivity index (χ1) is 17.2. The molecule has 0 radical (unpaired) electrons. The van der Waals surface area contributed by atoms with Crippen LogP contribution in [0, 0.1) is 0 Å². The van der Waals surface area contributed by atoms with Crippen molar-refractivity contribution in [2.24, 2.45) is 0 Å². The van der Waals surface area contributed by atoms with Gasteiger partial charge in [-0.2, -0.15) is 8.75 Å². The van der Waals surface area contributed by atoms with Crippen molar-refractivity contribution in [3.8, 4) is 11.5 Å².